The molecule has 0 amide bonds. The Hall–Kier alpha value is -1.76. The number of carbonyl (C=O) groups is 1. The second kappa shape index (κ2) is 4.85. The Kier molecular flexibility index (Phi) is 3.85. The lowest BCUT2D eigenvalue weighted by Gasteiger charge is -2.27. The third kappa shape index (κ3) is 2.73. The molecule has 7 heteroatoms. The minimum absolute atomic E-state index is 0.165. The molecule has 1 atom stereocenters. The van der Waals surface area contributed by atoms with Crippen LogP contribution in [-0.2, 0) is 11.2 Å². The highest BCUT2D eigenvalue weighted by molar-refractivity contribution is 5.80. The first-order valence-electron chi connectivity index (χ1n) is 4.92. The number of aliphatic carboxylic acids is 1. The summed E-state index contributed by atoms with van der Waals surface area (Å²) in [6.45, 7) is 0. The van der Waals surface area contributed by atoms with Gasteiger partial charge in [0, 0.05) is 6.42 Å². The van der Waals surface area contributed by atoms with Gasteiger partial charge in [-0.2, -0.15) is 13.2 Å². The van der Waals surface area contributed by atoms with Crippen molar-refractivity contribution in [1.82, 2.24) is 0 Å². The first-order chi connectivity index (χ1) is 8.20. The Morgan fingerprint density at radius 1 is 1.33 bits per heavy atom. The summed E-state index contributed by atoms with van der Waals surface area (Å²) in [5.41, 5.74) is 1.84. The lowest BCUT2D eigenvalue weighted by atomic mass is 9.91. The van der Waals surface area contributed by atoms with Crippen molar-refractivity contribution in [1.29, 1.82) is 0 Å². The number of alkyl halides is 3. The zero-order valence-corrected chi connectivity index (χ0v) is 9.49. The third-order valence-corrected chi connectivity index (χ3v) is 2.53. The molecule has 0 fully saturated rings. The number of hydrogen-bond acceptors (Lipinski definition) is 3. The highest BCUT2D eigenvalue weighted by Gasteiger charge is 2.58. The Balaban J connectivity index is 3.01. The van der Waals surface area contributed by atoms with E-state index < -0.39 is 24.1 Å². The summed E-state index contributed by atoms with van der Waals surface area (Å²) in [5, 5.41) is 8.66. The molecule has 1 aromatic carbocycles. The average molecular weight is 263 g/mol. The molecule has 0 spiro atoms. The lowest BCUT2D eigenvalue weighted by Crippen LogP contribution is -2.61. The van der Waals surface area contributed by atoms with Crippen LogP contribution in [0.3, 0.4) is 0 Å². The number of hydrogen-bond donors (Lipinski definition) is 2. The van der Waals surface area contributed by atoms with Gasteiger partial charge in [-0.15, -0.1) is 0 Å². The molecule has 100 valence electrons. The number of carboxylic acid groups (broad SMARTS) is 1. The van der Waals surface area contributed by atoms with Crippen LogP contribution in [0.15, 0.2) is 24.3 Å². The molecule has 1 aromatic rings. The van der Waals surface area contributed by atoms with Gasteiger partial charge < -0.3 is 15.6 Å². The lowest BCUT2D eigenvalue weighted by molar-refractivity contribution is -0.201. The van der Waals surface area contributed by atoms with Gasteiger partial charge in [0.15, 0.2) is 0 Å². The van der Waals surface area contributed by atoms with E-state index in [0.29, 0.717) is 5.75 Å². The van der Waals surface area contributed by atoms with Crippen LogP contribution >= 0.6 is 0 Å². The van der Waals surface area contributed by atoms with Crippen molar-refractivity contribution in [2.24, 2.45) is 5.73 Å². The molecule has 4 nitrogen and oxygen atoms in total. The third-order valence-electron chi connectivity index (χ3n) is 2.53. The van der Waals surface area contributed by atoms with Crippen molar-refractivity contribution in [3.8, 4) is 5.75 Å². The highest BCUT2D eigenvalue weighted by atomic mass is 19.4. The van der Waals surface area contributed by atoms with Crippen LogP contribution in [0, 0.1) is 0 Å². The maximum atomic E-state index is 12.7. The molecular weight excluding hydrogens is 251 g/mol. The number of methoxy groups -OCH3 is 1. The Bertz CT molecular complexity index is 430. The van der Waals surface area contributed by atoms with Gasteiger partial charge in [-0.25, -0.2) is 4.79 Å². The van der Waals surface area contributed by atoms with Crippen molar-refractivity contribution in [3.63, 3.8) is 0 Å². The summed E-state index contributed by atoms with van der Waals surface area (Å²) >= 11 is 0. The second-order valence-electron chi connectivity index (χ2n) is 3.80. The van der Waals surface area contributed by atoms with E-state index in [1.807, 2.05) is 0 Å². The summed E-state index contributed by atoms with van der Waals surface area (Å²) < 4.78 is 42.8. The maximum absolute atomic E-state index is 12.7. The largest absolute Gasteiger partial charge is 0.497 e. The number of carboxylic acids is 1. The standard InChI is InChI=1S/C11H12F3NO3/c1-18-8-4-2-7(3-5-8)6-10(15,9(16)17)11(12,13)14/h2-5H,6,15H2,1H3,(H,16,17). The molecule has 0 saturated carbocycles. The smallest absolute Gasteiger partial charge is 0.417 e. The van der Waals surface area contributed by atoms with Crippen molar-refractivity contribution >= 4 is 5.97 Å². The van der Waals surface area contributed by atoms with Crippen LogP contribution in [0.4, 0.5) is 13.2 Å². The van der Waals surface area contributed by atoms with E-state index in [1.54, 1.807) is 0 Å². The van der Waals surface area contributed by atoms with Crippen molar-refractivity contribution < 1.29 is 27.8 Å². The first kappa shape index (κ1) is 14.3. The number of benzene rings is 1. The van der Waals surface area contributed by atoms with Crippen LogP contribution in [0.1, 0.15) is 5.56 Å². The van der Waals surface area contributed by atoms with Gasteiger partial charge in [-0.1, -0.05) is 12.1 Å². The van der Waals surface area contributed by atoms with Gasteiger partial charge in [0.1, 0.15) is 5.75 Å². The molecule has 1 rings (SSSR count). The summed E-state index contributed by atoms with van der Waals surface area (Å²) in [6, 6.07) is 5.56. The highest BCUT2D eigenvalue weighted by Crippen LogP contribution is 2.32. The summed E-state index contributed by atoms with van der Waals surface area (Å²) in [6.07, 6.45) is -5.87. The zero-order valence-electron chi connectivity index (χ0n) is 9.49. The van der Waals surface area contributed by atoms with E-state index in [1.165, 1.54) is 31.4 Å². The molecule has 0 aliphatic heterocycles. The SMILES string of the molecule is COc1ccc(CC(N)(C(=O)O)C(F)(F)F)cc1. The molecule has 18 heavy (non-hydrogen) atoms. The molecule has 0 aromatic heterocycles. The fraction of sp³-hybridized carbons (Fsp3) is 0.364. The molecule has 0 heterocycles. The maximum Gasteiger partial charge on any atom is 0.417 e. The van der Waals surface area contributed by atoms with E-state index in [2.05, 4.69) is 0 Å². The van der Waals surface area contributed by atoms with Gasteiger partial charge in [-0.05, 0) is 17.7 Å². The Morgan fingerprint density at radius 2 is 1.83 bits per heavy atom. The quantitative estimate of drug-likeness (QED) is 0.865. The first-order valence-corrected chi connectivity index (χ1v) is 4.92. The predicted molar refractivity (Wildman–Crippen MR) is 57.3 cm³/mol. The molecule has 3 N–H and O–H groups in total. The van der Waals surface area contributed by atoms with E-state index in [0.717, 1.165) is 0 Å². The summed E-state index contributed by atoms with van der Waals surface area (Å²) in [5.74, 6) is -1.64. The van der Waals surface area contributed by atoms with Gasteiger partial charge >= 0.3 is 12.1 Å². The van der Waals surface area contributed by atoms with Gasteiger partial charge in [0.2, 0.25) is 5.54 Å². The molecule has 0 radical (unpaired) electrons. The van der Waals surface area contributed by atoms with E-state index >= 15 is 0 Å². The molecular formula is C11H12F3NO3. The molecule has 1 unspecified atom stereocenters. The van der Waals surface area contributed by atoms with E-state index in [4.69, 9.17) is 15.6 Å². The second-order valence-corrected chi connectivity index (χ2v) is 3.80. The van der Waals surface area contributed by atoms with Crippen molar-refractivity contribution in [2.45, 2.75) is 18.1 Å². The number of nitrogens with two attached hydrogens (primary N) is 1. The summed E-state index contributed by atoms with van der Waals surface area (Å²) in [7, 11) is 1.41. The van der Waals surface area contributed by atoms with Crippen LogP contribution in [0.2, 0.25) is 0 Å². The monoisotopic (exact) mass is 263 g/mol. The fourth-order valence-corrected chi connectivity index (χ4v) is 1.36. The minimum atomic E-state index is -5.03. The average Bonchev–Trinajstić information content (AvgIpc) is 2.28. The number of rotatable bonds is 4. The van der Waals surface area contributed by atoms with Crippen molar-refractivity contribution in [2.75, 3.05) is 7.11 Å². The number of halogens is 3. The van der Waals surface area contributed by atoms with E-state index in [-0.39, 0.29) is 5.56 Å². The Morgan fingerprint density at radius 3 is 2.17 bits per heavy atom. The summed E-state index contributed by atoms with van der Waals surface area (Å²) in [4.78, 5) is 10.7. The number of ether oxygens (including phenoxy) is 1. The van der Waals surface area contributed by atoms with Gasteiger partial charge in [-0.3, -0.25) is 0 Å². The predicted octanol–water partition coefficient (Wildman–Crippen LogP) is 1.58. The van der Waals surface area contributed by atoms with Crippen LogP contribution in [-0.4, -0.2) is 29.9 Å². The van der Waals surface area contributed by atoms with Crippen LogP contribution in [0.25, 0.3) is 0 Å². The van der Waals surface area contributed by atoms with Crippen molar-refractivity contribution in [3.05, 3.63) is 29.8 Å². The van der Waals surface area contributed by atoms with Gasteiger partial charge in [0.25, 0.3) is 0 Å². The van der Waals surface area contributed by atoms with E-state index in [9.17, 15) is 18.0 Å². The van der Waals surface area contributed by atoms with Crippen LogP contribution in [0.5, 0.6) is 5.75 Å². The topological polar surface area (TPSA) is 72.5 Å². The fourth-order valence-electron chi connectivity index (χ4n) is 1.36. The minimum Gasteiger partial charge on any atom is -0.497 e. The Labute approximate surface area is 101 Å². The van der Waals surface area contributed by atoms with Gasteiger partial charge in [0.05, 0.1) is 7.11 Å². The normalized spacial score (nSPS) is 14.9. The molecule has 0 bridgehead atoms. The molecule has 0 aliphatic rings. The van der Waals surface area contributed by atoms with Crippen LogP contribution < -0.4 is 10.5 Å². The zero-order chi connectivity index (χ0) is 14.0. The molecule has 0 aliphatic carbocycles. The molecule has 0 saturated heterocycles.